The summed E-state index contributed by atoms with van der Waals surface area (Å²) in [6, 6.07) is 7.59. The monoisotopic (exact) mass is 346 g/mol. The van der Waals surface area contributed by atoms with E-state index in [-0.39, 0.29) is 5.91 Å². The van der Waals surface area contributed by atoms with Gasteiger partial charge in [-0.15, -0.1) is 0 Å². The van der Waals surface area contributed by atoms with Crippen molar-refractivity contribution in [2.75, 3.05) is 12.3 Å². The molecule has 128 valence electrons. The molecule has 0 unspecified atom stereocenters. The van der Waals surface area contributed by atoms with Crippen molar-refractivity contribution in [1.82, 2.24) is 10.4 Å². The molecule has 2 rings (SSSR count). The van der Waals surface area contributed by atoms with Crippen LogP contribution in [0.3, 0.4) is 0 Å². The van der Waals surface area contributed by atoms with Crippen LogP contribution in [0.2, 0.25) is 0 Å². The predicted molar refractivity (Wildman–Crippen MR) is 97.8 cm³/mol. The number of thiazole rings is 1. The van der Waals surface area contributed by atoms with E-state index in [9.17, 15) is 4.79 Å². The van der Waals surface area contributed by atoms with Gasteiger partial charge in [0.05, 0.1) is 18.5 Å². The lowest BCUT2D eigenvalue weighted by Gasteiger charge is -2.08. The number of rotatable bonds is 8. The number of aryl methyl sites for hydroxylation is 1. The minimum Gasteiger partial charge on any atom is -0.493 e. The molecule has 1 aromatic heterocycles. The van der Waals surface area contributed by atoms with Crippen LogP contribution in [0.15, 0.2) is 29.4 Å². The van der Waals surface area contributed by atoms with Crippen molar-refractivity contribution in [2.24, 2.45) is 5.10 Å². The highest BCUT2D eigenvalue weighted by Gasteiger charge is 2.13. The first-order chi connectivity index (χ1) is 11.6. The maximum absolute atomic E-state index is 12.1. The molecule has 1 aromatic carbocycles. The number of nitrogens with two attached hydrogens (primary N) is 1. The van der Waals surface area contributed by atoms with Gasteiger partial charge in [0.25, 0.3) is 5.91 Å². The van der Waals surface area contributed by atoms with Gasteiger partial charge in [-0.25, -0.2) is 10.4 Å². The zero-order valence-corrected chi connectivity index (χ0v) is 14.7. The normalized spacial score (nSPS) is 10.9. The third-order valence-corrected chi connectivity index (χ3v) is 4.30. The average molecular weight is 346 g/mol. The Morgan fingerprint density at radius 2 is 2.21 bits per heavy atom. The van der Waals surface area contributed by atoms with Crippen LogP contribution in [0.4, 0.5) is 5.13 Å². The van der Waals surface area contributed by atoms with Crippen molar-refractivity contribution in [1.29, 1.82) is 0 Å². The van der Waals surface area contributed by atoms with Gasteiger partial charge >= 0.3 is 0 Å². The summed E-state index contributed by atoms with van der Waals surface area (Å²) in [7, 11) is 0. The van der Waals surface area contributed by atoms with Gasteiger partial charge in [0.2, 0.25) is 0 Å². The highest BCUT2D eigenvalue weighted by atomic mass is 32.1. The molecule has 3 N–H and O–H groups in total. The van der Waals surface area contributed by atoms with Crippen LogP contribution in [-0.4, -0.2) is 23.7 Å². The Morgan fingerprint density at radius 1 is 1.42 bits per heavy atom. The first-order valence-corrected chi connectivity index (χ1v) is 8.71. The summed E-state index contributed by atoms with van der Waals surface area (Å²) in [5.74, 6) is 0.434. The Morgan fingerprint density at radius 3 is 2.92 bits per heavy atom. The van der Waals surface area contributed by atoms with Gasteiger partial charge in [-0.2, -0.15) is 5.10 Å². The Labute approximate surface area is 145 Å². The van der Waals surface area contributed by atoms with Gasteiger partial charge < -0.3 is 10.5 Å². The number of hydrogen-bond donors (Lipinski definition) is 2. The number of benzene rings is 1. The number of carbonyl (C=O) groups excluding carboxylic acids is 1. The number of ether oxygens (including phenoxy) is 1. The molecule has 0 aliphatic carbocycles. The Kier molecular flexibility index (Phi) is 6.74. The fourth-order valence-electron chi connectivity index (χ4n) is 2.09. The molecule has 0 bridgehead atoms. The minimum atomic E-state index is -0.320. The van der Waals surface area contributed by atoms with Crippen molar-refractivity contribution in [2.45, 2.75) is 33.1 Å². The summed E-state index contributed by atoms with van der Waals surface area (Å²) in [6.45, 7) is 4.57. The summed E-state index contributed by atoms with van der Waals surface area (Å²) >= 11 is 1.14. The number of unbranched alkanes of at least 4 members (excludes halogenated alkanes) is 2. The van der Waals surface area contributed by atoms with Gasteiger partial charge in [-0.1, -0.05) is 43.2 Å². The molecular formula is C17H22N4O2S. The number of carbonyl (C=O) groups is 1. The molecule has 0 aliphatic heterocycles. The van der Waals surface area contributed by atoms with Crippen LogP contribution in [0.25, 0.3) is 0 Å². The van der Waals surface area contributed by atoms with Gasteiger partial charge in [0.15, 0.2) is 5.13 Å². The molecule has 1 amide bonds. The third-order valence-electron chi connectivity index (χ3n) is 3.31. The minimum absolute atomic E-state index is 0.320. The molecule has 6 nitrogen and oxygen atoms in total. The fourth-order valence-corrected chi connectivity index (χ4v) is 2.82. The summed E-state index contributed by atoms with van der Waals surface area (Å²) in [5.41, 5.74) is 9.51. The zero-order chi connectivity index (χ0) is 17.4. The van der Waals surface area contributed by atoms with E-state index >= 15 is 0 Å². The number of para-hydroxylation sites is 1. The molecule has 24 heavy (non-hydrogen) atoms. The first-order valence-electron chi connectivity index (χ1n) is 7.90. The molecule has 2 aromatic rings. The lowest BCUT2D eigenvalue weighted by Crippen LogP contribution is -2.17. The third kappa shape index (κ3) is 5.06. The van der Waals surface area contributed by atoms with Crippen LogP contribution >= 0.6 is 11.3 Å². The van der Waals surface area contributed by atoms with E-state index in [0.717, 1.165) is 41.9 Å². The first kappa shape index (κ1) is 17.9. The van der Waals surface area contributed by atoms with Crippen molar-refractivity contribution in [3.8, 4) is 5.75 Å². The number of nitrogen functional groups attached to an aromatic ring is 1. The van der Waals surface area contributed by atoms with Crippen molar-refractivity contribution in [3.05, 3.63) is 40.4 Å². The standard InChI is InChI=1S/C17H22N4O2S/c1-3-4-7-10-23-14-9-6-5-8-13(14)11-19-21-16(22)15-12(2)20-17(18)24-15/h5-6,8-9,11H,3-4,7,10H2,1-2H3,(H2,18,20)(H,21,22)/b19-11-. The highest BCUT2D eigenvalue weighted by Crippen LogP contribution is 2.19. The Balaban J connectivity index is 1.96. The van der Waals surface area contributed by atoms with Gasteiger partial charge in [-0.05, 0) is 25.5 Å². The molecule has 0 radical (unpaired) electrons. The van der Waals surface area contributed by atoms with Crippen LogP contribution < -0.4 is 15.9 Å². The van der Waals surface area contributed by atoms with E-state index < -0.39 is 0 Å². The van der Waals surface area contributed by atoms with Crippen LogP contribution in [0.1, 0.15) is 47.1 Å². The van der Waals surface area contributed by atoms with Crippen molar-refractivity contribution >= 4 is 28.6 Å². The van der Waals surface area contributed by atoms with E-state index in [1.54, 1.807) is 13.1 Å². The number of hydrogen-bond acceptors (Lipinski definition) is 6. The van der Waals surface area contributed by atoms with Gasteiger partial charge in [0.1, 0.15) is 10.6 Å². The number of hydrazone groups is 1. The van der Waals surface area contributed by atoms with E-state index in [4.69, 9.17) is 10.5 Å². The fraction of sp³-hybridized carbons (Fsp3) is 0.353. The van der Waals surface area contributed by atoms with Gasteiger partial charge in [0, 0.05) is 5.56 Å². The highest BCUT2D eigenvalue weighted by molar-refractivity contribution is 7.17. The Bertz CT molecular complexity index is 712. The largest absolute Gasteiger partial charge is 0.493 e. The molecule has 0 saturated heterocycles. The second-order valence-electron chi connectivity index (χ2n) is 5.26. The number of nitrogens with zero attached hydrogens (tertiary/aromatic N) is 2. The van der Waals surface area contributed by atoms with E-state index in [0.29, 0.717) is 22.3 Å². The number of amides is 1. The average Bonchev–Trinajstić information content (AvgIpc) is 2.91. The van der Waals surface area contributed by atoms with Crippen LogP contribution in [0, 0.1) is 6.92 Å². The summed E-state index contributed by atoms with van der Waals surface area (Å²) in [6.07, 6.45) is 4.89. The van der Waals surface area contributed by atoms with Crippen LogP contribution in [-0.2, 0) is 0 Å². The molecular weight excluding hydrogens is 324 g/mol. The SMILES string of the molecule is CCCCCOc1ccccc1/C=N\NC(=O)c1sc(N)nc1C. The molecule has 0 spiro atoms. The second kappa shape index (κ2) is 9.02. The quantitative estimate of drug-likeness (QED) is 0.436. The maximum Gasteiger partial charge on any atom is 0.283 e. The summed E-state index contributed by atoms with van der Waals surface area (Å²) in [4.78, 5) is 16.5. The lowest BCUT2D eigenvalue weighted by molar-refractivity contribution is 0.0958. The van der Waals surface area contributed by atoms with Crippen LogP contribution in [0.5, 0.6) is 5.75 Å². The summed E-state index contributed by atoms with van der Waals surface area (Å²) in [5, 5.41) is 4.37. The molecule has 1 heterocycles. The lowest BCUT2D eigenvalue weighted by atomic mass is 10.2. The maximum atomic E-state index is 12.1. The molecule has 0 aliphatic rings. The smallest absolute Gasteiger partial charge is 0.283 e. The van der Waals surface area contributed by atoms with E-state index in [1.807, 2.05) is 24.3 Å². The van der Waals surface area contributed by atoms with Crippen molar-refractivity contribution in [3.63, 3.8) is 0 Å². The molecule has 7 heteroatoms. The van der Waals surface area contributed by atoms with E-state index in [1.165, 1.54) is 0 Å². The second-order valence-corrected chi connectivity index (χ2v) is 6.29. The number of aromatic nitrogens is 1. The predicted octanol–water partition coefficient (Wildman–Crippen LogP) is 3.37. The topological polar surface area (TPSA) is 89.6 Å². The van der Waals surface area contributed by atoms with Gasteiger partial charge in [-0.3, -0.25) is 4.79 Å². The summed E-state index contributed by atoms with van der Waals surface area (Å²) < 4.78 is 5.78. The molecule has 0 saturated carbocycles. The number of anilines is 1. The molecule has 0 atom stereocenters. The zero-order valence-electron chi connectivity index (χ0n) is 13.9. The number of nitrogens with one attached hydrogen (secondary N) is 1. The van der Waals surface area contributed by atoms with E-state index in [2.05, 4.69) is 22.4 Å². The Hall–Kier alpha value is -2.41. The van der Waals surface area contributed by atoms with Crippen molar-refractivity contribution < 1.29 is 9.53 Å². The molecule has 0 fully saturated rings.